The van der Waals surface area contributed by atoms with Crippen molar-refractivity contribution in [3.05, 3.63) is 29.3 Å². The van der Waals surface area contributed by atoms with Crippen LogP contribution in [0.4, 0.5) is 0 Å². The van der Waals surface area contributed by atoms with Gasteiger partial charge in [-0.1, -0.05) is 19.1 Å². The average molecular weight is 246 g/mol. The molecule has 2 heterocycles. The first-order valence-corrected chi connectivity index (χ1v) is 6.92. The van der Waals surface area contributed by atoms with Crippen molar-refractivity contribution in [2.45, 2.75) is 26.3 Å². The lowest BCUT2D eigenvalue weighted by Gasteiger charge is -2.25. The molecule has 2 aliphatic rings. The molecule has 1 unspecified atom stereocenters. The normalized spacial score (nSPS) is 26.9. The Bertz CT molecular complexity index is 425. The van der Waals surface area contributed by atoms with E-state index in [2.05, 4.69) is 35.8 Å². The summed E-state index contributed by atoms with van der Waals surface area (Å²) in [5, 5.41) is 6.83. The molecule has 1 atom stereocenters. The lowest BCUT2D eigenvalue weighted by Crippen LogP contribution is -2.29. The third-order valence-electron chi connectivity index (χ3n) is 4.13. The van der Waals surface area contributed by atoms with Gasteiger partial charge in [0.1, 0.15) is 5.75 Å². The first kappa shape index (κ1) is 12.0. The monoisotopic (exact) mass is 246 g/mol. The van der Waals surface area contributed by atoms with Gasteiger partial charge in [-0.25, -0.2) is 0 Å². The Morgan fingerprint density at radius 2 is 2.22 bits per heavy atom. The highest BCUT2D eigenvalue weighted by atomic mass is 16.5. The Kier molecular flexibility index (Phi) is 3.27. The predicted molar refractivity (Wildman–Crippen MR) is 72.9 cm³/mol. The number of ether oxygens (including phenoxy) is 1. The Morgan fingerprint density at radius 3 is 3.06 bits per heavy atom. The standard InChI is InChI=1S/C15H22N2O/c1-15(6-8-17-10-15)11-18-14-4-2-3-12-9-16-7-5-13(12)14/h2-4,16-17H,5-11H2,1H3. The molecule has 0 aromatic heterocycles. The van der Waals surface area contributed by atoms with E-state index in [4.69, 9.17) is 4.74 Å². The molecule has 1 fully saturated rings. The topological polar surface area (TPSA) is 33.3 Å². The van der Waals surface area contributed by atoms with Gasteiger partial charge in [0.25, 0.3) is 0 Å². The fourth-order valence-corrected chi connectivity index (χ4v) is 2.88. The number of rotatable bonds is 3. The van der Waals surface area contributed by atoms with Gasteiger partial charge in [-0.2, -0.15) is 0 Å². The highest BCUT2D eigenvalue weighted by molar-refractivity contribution is 5.41. The van der Waals surface area contributed by atoms with Gasteiger partial charge in [0.2, 0.25) is 0 Å². The van der Waals surface area contributed by atoms with E-state index in [-0.39, 0.29) is 0 Å². The minimum Gasteiger partial charge on any atom is -0.493 e. The van der Waals surface area contributed by atoms with Crippen LogP contribution in [0, 0.1) is 5.41 Å². The van der Waals surface area contributed by atoms with E-state index in [0.717, 1.165) is 45.0 Å². The quantitative estimate of drug-likeness (QED) is 0.852. The molecule has 18 heavy (non-hydrogen) atoms. The molecular weight excluding hydrogens is 224 g/mol. The van der Waals surface area contributed by atoms with Gasteiger partial charge in [-0.05, 0) is 43.1 Å². The zero-order valence-corrected chi connectivity index (χ0v) is 11.1. The Labute approximate surface area is 109 Å². The van der Waals surface area contributed by atoms with Crippen LogP contribution < -0.4 is 15.4 Å². The lowest BCUT2D eigenvalue weighted by molar-refractivity contribution is 0.179. The molecule has 0 amide bonds. The summed E-state index contributed by atoms with van der Waals surface area (Å²) in [6.07, 6.45) is 2.30. The summed E-state index contributed by atoms with van der Waals surface area (Å²) >= 11 is 0. The van der Waals surface area contributed by atoms with Crippen molar-refractivity contribution < 1.29 is 4.74 Å². The summed E-state index contributed by atoms with van der Waals surface area (Å²) in [5.41, 5.74) is 3.11. The second-order valence-electron chi connectivity index (χ2n) is 5.85. The molecule has 0 spiro atoms. The van der Waals surface area contributed by atoms with Crippen LogP contribution in [0.2, 0.25) is 0 Å². The van der Waals surface area contributed by atoms with Gasteiger partial charge in [-0.3, -0.25) is 0 Å². The van der Waals surface area contributed by atoms with Gasteiger partial charge in [-0.15, -0.1) is 0 Å². The minimum absolute atomic E-state index is 0.301. The van der Waals surface area contributed by atoms with Crippen LogP contribution in [0.15, 0.2) is 18.2 Å². The maximum Gasteiger partial charge on any atom is 0.122 e. The molecule has 1 aromatic carbocycles. The van der Waals surface area contributed by atoms with Gasteiger partial charge in [0.05, 0.1) is 6.61 Å². The number of hydrogen-bond donors (Lipinski definition) is 2. The van der Waals surface area contributed by atoms with Crippen molar-refractivity contribution in [3.63, 3.8) is 0 Å². The van der Waals surface area contributed by atoms with E-state index < -0.39 is 0 Å². The molecule has 0 aliphatic carbocycles. The first-order chi connectivity index (χ1) is 8.77. The molecule has 3 heteroatoms. The van der Waals surface area contributed by atoms with E-state index in [1.54, 1.807) is 0 Å². The molecule has 0 bridgehead atoms. The average Bonchev–Trinajstić information content (AvgIpc) is 2.84. The van der Waals surface area contributed by atoms with Crippen LogP contribution in [0.1, 0.15) is 24.5 Å². The second kappa shape index (κ2) is 4.90. The van der Waals surface area contributed by atoms with Gasteiger partial charge >= 0.3 is 0 Å². The van der Waals surface area contributed by atoms with Crippen molar-refractivity contribution in [3.8, 4) is 5.75 Å². The van der Waals surface area contributed by atoms with Crippen molar-refractivity contribution >= 4 is 0 Å². The maximum atomic E-state index is 6.12. The van der Waals surface area contributed by atoms with Crippen molar-refractivity contribution in [1.29, 1.82) is 0 Å². The molecule has 98 valence electrons. The molecule has 3 nitrogen and oxygen atoms in total. The summed E-state index contributed by atoms with van der Waals surface area (Å²) in [5.74, 6) is 1.10. The van der Waals surface area contributed by atoms with Crippen LogP contribution in [-0.4, -0.2) is 26.2 Å². The molecule has 2 N–H and O–H groups in total. The Balaban J connectivity index is 1.72. The van der Waals surface area contributed by atoms with E-state index in [9.17, 15) is 0 Å². The SMILES string of the molecule is CC1(COc2cccc3c2CCNC3)CCNC1. The largest absolute Gasteiger partial charge is 0.493 e. The fourth-order valence-electron chi connectivity index (χ4n) is 2.88. The van der Waals surface area contributed by atoms with Crippen molar-refractivity contribution in [2.75, 3.05) is 26.2 Å². The van der Waals surface area contributed by atoms with Crippen LogP contribution in [0.3, 0.4) is 0 Å². The smallest absolute Gasteiger partial charge is 0.122 e. The van der Waals surface area contributed by atoms with Crippen LogP contribution in [0.25, 0.3) is 0 Å². The fraction of sp³-hybridized carbons (Fsp3) is 0.600. The number of benzene rings is 1. The molecule has 0 saturated carbocycles. The van der Waals surface area contributed by atoms with E-state index in [0.29, 0.717) is 5.41 Å². The number of fused-ring (bicyclic) bond motifs is 1. The van der Waals surface area contributed by atoms with Crippen LogP contribution >= 0.6 is 0 Å². The number of hydrogen-bond acceptors (Lipinski definition) is 3. The molecule has 1 saturated heterocycles. The van der Waals surface area contributed by atoms with Crippen molar-refractivity contribution in [2.24, 2.45) is 5.41 Å². The highest BCUT2D eigenvalue weighted by Crippen LogP contribution is 2.29. The van der Waals surface area contributed by atoms with Gasteiger partial charge < -0.3 is 15.4 Å². The zero-order chi connectivity index (χ0) is 12.4. The third-order valence-corrected chi connectivity index (χ3v) is 4.13. The van der Waals surface area contributed by atoms with Crippen LogP contribution in [-0.2, 0) is 13.0 Å². The lowest BCUT2D eigenvalue weighted by atomic mass is 9.91. The number of nitrogens with one attached hydrogen (secondary N) is 2. The van der Waals surface area contributed by atoms with Gasteiger partial charge in [0, 0.05) is 18.5 Å². The summed E-state index contributed by atoms with van der Waals surface area (Å²) in [4.78, 5) is 0. The second-order valence-corrected chi connectivity index (χ2v) is 5.85. The van der Waals surface area contributed by atoms with E-state index in [1.807, 2.05) is 0 Å². The van der Waals surface area contributed by atoms with E-state index >= 15 is 0 Å². The summed E-state index contributed by atoms with van der Waals surface area (Å²) in [6.45, 7) is 7.37. The molecule has 0 radical (unpaired) electrons. The van der Waals surface area contributed by atoms with Crippen molar-refractivity contribution in [1.82, 2.24) is 10.6 Å². The third kappa shape index (κ3) is 2.38. The zero-order valence-electron chi connectivity index (χ0n) is 11.1. The Morgan fingerprint density at radius 1 is 1.28 bits per heavy atom. The van der Waals surface area contributed by atoms with E-state index in [1.165, 1.54) is 17.5 Å². The first-order valence-electron chi connectivity index (χ1n) is 6.92. The highest BCUT2D eigenvalue weighted by Gasteiger charge is 2.29. The minimum atomic E-state index is 0.301. The summed E-state index contributed by atoms with van der Waals surface area (Å²) in [7, 11) is 0. The molecule has 1 aromatic rings. The predicted octanol–water partition coefficient (Wildman–Crippen LogP) is 1.71. The Hall–Kier alpha value is -1.06. The molecule has 3 rings (SSSR count). The van der Waals surface area contributed by atoms with Crippen LogP contribution in [0.5, 0.6) is 5.75 Å². The summed E-state index contributed by atoms with van der Waals surface area (Å²) in [6, 6.07) is 6.43. The maximum absolute atomic E-state index is 6.12. The summed E-state index contributed by atoms with van der Waals surface area (Å²) < 4.78 is 6.12. The molecule has 2 aliphatic heterocycles. The molecular formula is C15H22N2O. The van der Waals surface area contributed by atoms with Gasteiger partial charge in [0.15, 0.2) is 0 Å².